The van der Waals surface area contributed by atoms with E-state index in [1.807, 2.05) is 38.1 Å². The Morgan fingerprint density at radius 3 is 2.43 bits per heavy atom. The maximum Gasteiger partial charge on any atom is 0.338 e. The van der Waals surface area contributed by atoms with Gasteiger partial charge in [0.1, 0.15) is 0 Å². The number of carbonyl (C=O) groups is 2. The second-order valence-corrected chi connectivity index (χ2v) is 7.02. The smallest absolute Gasteiger partial charge is 0.338 e. The van der Waals surface area contributed by atoms with E-state index in [0.29, 0.717) is 5.56 Å². The number of carbonyl (C=O) groups excluding carboxylic acids is 2. The average molecular weight is 409 g/mol. The van der Waals surface area contributed by atoms with Gasteiger partial charge in [-0.25, -0.2) is 9.18 Å². The lowest BCUT2D eigenvalue weighted by Gasteiger charge is -2.10. The highest BCUT2D eigenvalue weighted by atomic mass is 19.1. The summed E-state index contributed by atoms with van der Waals surface area (Å²) < 4.78 is 25.8. The molecule has 0 unspecified atom stereocenters. The van der Waals surface area contributed by atoms with Crippen molar-refractivity contribution in [3.63, 3.8) is 0 Å². The summed E-state index contributed by atoms with van der Waals surface area (Å²) in [4.78, 5) is 24.8. The van der Waals surface area contributed by atoms with E-state index in [-0.39, 0.29) is 17.1 Å². The maximum atomic E-state index is 13.8. The molecule has 0 fully saturated rings. The Morgan fingerprint density at radius 1 is 1.03 bits per heavy atom. The first-order valence-electron chi connectivity index (χ1n) is 9.65. The molecule has 3 rings (SSSR count). The molecule has 30 heavy (non-hydrogen) atoms. The molecule has 0 aliphatic heterocycles. The molecule has 5 nitrogen and oxygen atoms in total. The second kappa shape index (κ2) is 9.39. The van der Waals surface area contributed by atoms with Gasteiger partial charge in [0.05, 0.1) is 12.7 Å². The minimum atomic E-state index is -0.761. The maximum absolute atomic E-state index is 13.8. The molecule has 0 atom stereocenters. The predicted molar refractivity (Wildman–Crippen MR) is 112 cm³/mol. The molecule has 0 saturated carbocycles. The largest absolute Gasteiger partial charge is 0.494 e. The monoisotopic (exact) mass is 409 g/mol. The molecule has 6 heteroatoms. The van der Waals surface area contributed by atoms with Crippen molar-refractivity contribution in [3.05, 3.63) is 88.5 Å². The van der Waals surface area contributed by atoms with Crippen LogP contribution in [0.5, 0.6) is 5.75 Å². The minimum Gasteiger partial charge on any atom is -0.494 e. The first kappa shape index (κ1) is 21.3. The number of nitrogens with zero attached hydrogens (tertiary/aromatic N) is 1. The SMILES string of the molecule is COc1ccc(C(=O)OCC(=O)c2cc(C)n(CCc3ccccc3)c2C)cc1F. The van der Waals surface area contributed by atoms with Crippen LogP contribution in [0.2, 0.25) is 0 Å². The normalized spacial score (nSPS) is 10.7. The van der Waals surface area contributed by atoms with Crippen LogP contribution in [0.15, 0.2) is 54.6 Å². The third kappa shape index (κ3) is 4.76. The molecule has 0 aliphatic rings. The van der Waals surface area contributed by atoms with Crippen molar-refractivity contribution in [2.75, 3.05) is 13.7 Å². The number of Topliss-reactive ketones (excluding diaryl/α,β-unsaturated/α-hetero) is 1. The average Bonchev–Trinajstić information content (AvgIpc) is 3.04. The zero-order valence-corrected chi connectivity index (χ0v) is 17.3. The van der Waals surface area contributed by atoms with Gasteiger partial charge in [-0.05, 0) is 50.1 Å². The third-order valence-electron chi connectivity index (χ3n) is 5.06. The van der Waals surface area contributed by atoms with E-state index in [9.17, 15) is 14.0 Å². The van der Waals surface area contributed by atoms with Gasteiger partial charge < -0.3 is 14.0 Å². The Labute approximate surface area is 175 Å². The van der Waals surface area contributed by atoms with E-state index < -0.39 is 18.4 Å². The molecule has 0 spiro atoms. The highest BCUT2D eigenvalue weighted by molar-refractivity contribution is 6.00. The summed E-state index contributed by atoms with van der Waals surface area (Å²) in [6, 6.07) is 15.7. The molecular weight excluding hydrogens is 385 g/mol. The van der Waals surface area contributed by atoms with E-state index in [0.717, 1.165) is 30.4 Å². The molecule has 1 heterocycles. The lowest BCUT2D eigenvalue weighted by molar-refractivity contribution is 0.0474. The first-order chi connectivity index (χ1) is 14.4. The third-order valence-corrected chi connectivity index (χ3v) is 5.06. The number of halogens is 1. The summed E-state index contributed by atoms with van der Waals surface area (Å²) in [5.74, 6) is -1.69. The van der Waals surface area contributed by atoms with Crippen molar-refractivity contribution in [2.24, 2.45) is 0 Å². The molecule has 156 valence electrons. The molecular formula is C24H24FNO4. The number of ether oxygens (including phenoxy) is 2. The molecule has 0 radical (unpaired) electrons. The van der Waals surface area contributed by atoms with Gasteiger partial charge in [-0.1, -0.05) is 30.3 Å². The fraction of sp³-hybridized carbons (Fsp3) is 0.250. The van der Waals surface area contributed by atoms with Crippen molar-refractivity contribution in [3.8, 4) is 5.75 Å². The van der Waals surface area contributed by atoms with Crippen LogP contribution in [-0.2, 0) is 17.7 Å². The lowest BCUT2D eigenvalue weighted by Crippen LogP contribution is -2.15. The Morgan fingerprint density at radius 2 is 1.77 bits per heavy atom. The van der Waals surface area contributed by atoms with Gasteiger partial charge in [-0.15, -0.1) is 0 Å². The number of hydrogen-bond donors (Lipinski definition) is 0. The van der Waals surface area contributed by atoms with Gasteiger partial charge in [-0.2, -0.15) is 0 Å². The molecule has 1 aromatic heterocycles. The van der Waals surface area contributed by atoms with Crippen molar-refractivity contribution in [2.45, 2.75) is 26.8 Å². The van der Waals surface area contributed by atoms with Crippen LogP contribution in [-0.4, -0.2) is 30.0 Å². The summed E-state index contributed by atoms with van der Waals surface area (Å²) in [5, 5.41) is 0. The Balaban J connectivity index is 1.64. The number of benzene rings is 2. The fourth-order valence-corrected chi connectivity index (χ4v) is 3.40. The van der Waals surface area contributed by atoms with Crippen LogP contribution in [0, 0.1) is 19.7 Å². The van der Waals surface area contributed by atoms with Crippen molar-refractivity contribution < 1.29 is 23.5 Å². The molecule has 0 amide bonds. The van der Waals surface area contributed by atoms with Crippen LogP contribution in [0.25, 0.3) is 0 Å². The van der Waals surface area contributed by atoms with Gasteiger partial charge in [0, 0.05) is 23.5 Å². The van der Waals surface area contributed by atoms with E-state index in [1.54, 1.807) is 0 Å². The molecule has 2 aromatic carbocycles. The number of methoxy groups -OCH3 is 1. The highest BCUT2D eigenvalue weighted by Gasteiger charge is 2.18. The summed E-state index contributed by atoms with van der Waals surface area (Å²) in [6.45, 7) is 4.17. The van der Waals surface area contributed by atoms with Crippen molar-refractivity contribution >= 4 is 11.8 Å². The van der Waals surface area contributed by atoms with Gasteiger partial charge in [-0.3, -0.25) is 4.79 Å². The Kier molecular flexibility index (Phi) is 6.67. The zero-order valence-electron chi connectivity index (χ0n) is 17.3. The van der Waals surface area contributed by atoms with Crippen LogP contribution < -0.4 is 4.74 Å². The van der Waals surface area contributed by atoms with Crippen LogP contribution in [0.3, 0.4) is 0 Å². The first-order valence-corrected chi connectivity index (χ1v) is 9.65. The highest BCUT2D eigenvalue weighted by Crippen LogP contribution is 2.19. The molecule has 0 aliphatic carbocycles. The lowest BCUT2D eigenvalue weighted by atomic mass is 10.1. The number of aryl methyl sites for hydroxylation is 2. The van der Waals surface area contributed by atoms with Crippen LogP contribution in [0.4, 0.5) is 4.39 Å². The summed E-state index contributed by atoms with van der Waals surface area (Å²) >= 11 is 0. The van der Waals surface area contributed by atoms with E-state index in [2.05, 4.69) is 16.7 Å². The van der Waals surface area contributed by atoms with Crippen LogP contribution in [0.1, 0.15) is 37.7 Å². The molecule has 0 N–H and O–H groups in total. The molecule has 0 bridgehead atoms. The molecule has 3 aromatic rings. The minimum absolute atomic E-state index is 0.0226. The summed E-state index contributed by atoms with van der Waals surface area (Å²) in [7, 11) is 1.34. The van der Waals surface area contributed by atoms with Gasteiger partial charge >= 0.3 is 5.97 Å². The van der Waals surface area contributed by atoms with Crippen molar-refractivity contribution in [1.82, 2.24) is 4.57 Å². The standard InChI is InChI=1S/C24H24FNO4/c1-16-13-20(17(2)26(16)12-11-18-7-5-4-6-8-18)22(27)15-30-24(28)19-9-10-23(29-3)21(25)14-19/h4-10,13-14H,11-12,15H2,1-3H3. The predicted octanol–water partition coefficient (Wildman–Crippen LogP) is 4.54. The Bertz CT molecular complexity index is 1060. The van der Waals surface area contributed by atoms with E-state index in [4.69, 9.17) is 9.47 Å². The second-order valence-electron chi connectivity index (χ2n) is 7.02. The van der Waals surface area contributed by atoms with Gasteiger partial charge in [0.15, 0.2) is 18.2 Å². The zero-order chi connectivity index (χ0) is 21.7. The molecule has 0 saturated heterocycles. The van der Waals surface area contributed by atoms with E-state index >= 15 is 0 Å². The van der Waals surface area contributed by atoms with Crippen LogP contribution >= 0.6 is 0 Å². The van der Waals surface area contributed by atoms with Gasteiger partial charge in [0.2, 0.25) is 5.78 Å². The quantitative estimate of drug-likeness (QED) is 0.405. The Hall–Kier alpha value is -3.41. The topological polar surface area (TPSA) is 57.5 Å². The number of rotatable bonds is 8. The summed E-state index contributed by atoms with van der Waals surface area (Å²) in [5.41, 5.74) is 3.57. The number of hydrogen-bond acceptors (Lipinski definition) is 4. The van der Waals surface area contributed by atoms with E-state index in [1.165, 1.54) is 24.8 Å². The number of aromatic nitrogens is 1. The van der Waals surface area contributed by atoms with Crippen molar-refractivity contribution in [1.29, 1.82) is 0 Å². The summed E-state index contributed by atoms with van der Waals surface area (Å²) in [6.07, 6.45) is 0.850. The van der Waals surface area contributed by atoms with Gasteiger partial charge in [0.25, 0.3) is 0 Å². The fourth-order valence-electron chi connectivity index (χ4n) is 3.40. The number of ketones is 1. The number of esters is 1.